The number of benzene rings is 1. The molecule has 0 saturated carbocycles. The standard InChI is InChI=1S/C13H19NO2/c1-8-6-11(16-3)13(15)12(9(8)2)10-4-5-14-7-10/h6,10,14-15H,4-5,7H2,1-3H3. The summed E-state index contributed by atoms with van der Waals surface area (Å²) in [5.41, 5.74) is 3.42. The van der Waals surface area contributed by atoms with Crippen LogP contribution in [0.1, 0.15) is 29.0 Å². The number of hydrogen-bond acceptors (Lipinski definition) is 3. The number of nitrogens with one attached hydrogen (secondary N) is 1. The van der Waals surface area contributed by atoms with Gasteiger partial charge in [0.2, 0.25) is 0 Å². The topological polar surface area (TPSA) is 41.5 Å². The van der Waals surface area contributed by atoms with E-state index in [0.29, 0.717) is 17.4 Å². The van der Waals surface area contributed by atoms with Gasteiger partial charge in [0, 0.05) is 18.0 Å². The minimum atomic E-state index is 0.319. The van der Waals surface area contributed by atoms with Crippen LogP contribution in [0.5, 0.6) is 11.5 Å². The highest BCUT2D eigenvalue weighted by Crippen LogP contribution is 2.40. The normalized spacial score (nSPS) is 20.1. The van der Waals surface area contributed by atoms with E-state index in [0.717, 1.165) is 25.1 Å². The monoisotopic (exact) mass is 221 g/mol. The van der Waals surface area contributed by atoms with E-state index < -0.39 is 0 Å². The van der Waals surface area contributed by atoms with E-state index in [4.69, 9.17) is 4.74 Å². The minimum Gasteiger partial charge on any atom is -0.504 e. The molecule has 1 unspecified atom stereocenters. The van der Waals surface area contributed by atoms with Crippen molar-refractivity contribution >= 4 is 0 Å². The Labute approximate surface area is 96.4 Å². The number of hydrogen-bond donors (Lipinski definition) is 2. The molecule has 1 saturated heterocycles. The second-order valence-electron chi connectivity index (χ2n) is 4.47. The summed E-state index contributed by atoms with van der Waals surface area (Å²) >= 11 is 0. The maximum absolute atomic E-state index is 10.2. The molecule has 1 heterocycles. The first-order valence-corrected chi connectivity index (χ1v) is 5.73. The first kappa shape index (κ1) is 11.3. The van der Waals surface area contributed by atoms with Crippen molar-refractivity contribution in [1.82, 2.24) is 5.32 Å². The number of ether oxygens (including phenoxy) is 1. The van der Waals surface area contributed by atoms with E-state index in [9.17, 15) is 5.11 Å². The molecule has 0 spiro atoms. The van der Waals surface area contributed by atoms with Crippen molar-refractivity contribution in [3.8, 4) is 11.5 Å². The number of aryl methyl sites for hydroxylation is 1. The lowest BCUT2D eigenvalue weighted by Crippen LogP contribution is -2.09. The zero-order valence-corrected chi connectivity index (χ0v) is 10.1. The molecule has 1 fully saturated rings. The van der Waals surface area contributed by atoms with Crippen LogP contribution in [0, 0.1) is 13.8 Å². The van der Waals surface area contributed by atoms with Crippen LogP contribution in [0.25, 0.3) is 0 Å². The third kappa shape index (κ3) is 1.76. The summed E-state index contributed by atoms with van der Waals surface area (Å²) in [7, 11) is 1.60. The molecule has 2 N–H and O–H groups in total. The maximum atomic E-state index is 10.2. The first-order valence-electron chi connectivity index (χ1n) is 5.73. The van der Waals surface area contributed by atoms with Crippen molar-refractivity contribution in [1.29, 1.82) is 0 Å². The molecule has 1 aromatic carbocycles. The summed E-state index contributed by atoms with van der Waals surface area (Å²) < 4.78 is 5.21. The molecule has 16 heavy (non-hydrogen) atoms. The van der Waals surface area contributed by atoms with Crippen molar-refractivity contribution in [2.75, 3.05) is 20.2 Å². The first-order chi connectivity index (χ1) is 7.65. The minimum absolute atomic E-state index is 0.319. The number of phenols is 1. The summed E-state index contributed by atoms with van der Waals surface area (Å²) in [6, 6.07) is 1.90. The van der Waals surface area contributed by atoms with Crippen molar-refractivity contribution in [3.63, 3.8) is 0 Å². The van der Waals surface area contributed by atoms with Gasteiger partial charge >= 0.3 is 0 Å². The van der Waals surface area contributed by atoms with Gasteiger partial charge in [0.15, 0.2) is 11.5 Å². The van der Waals surface area contributed by atoms with Crippen molar-refractivity contribution in [2.45, 2.75) is 26.2 Å². The van der Waals surface area contributed by atoms with Gasteiger partial charge in [-0.15, -0.1) is 0 Å². The molecule has 1 atom stereocenters. The Balaban J connectivity index is 2.52. The molecule has 3 heteroatoms. The molecule has 2 rings (SSSR count). The molecule has 0 aliphatic carbocycles. The molecular weight excluding hydrogens is 202 g/mol. The van der Waals surface area contributed by atoms with Crippen LogP contribution in [-0.4, -0.2) is 25.3 Å². The molecular formula is C13H19NO2. The Morgan fingerprint density at radius 1 is 1.44 bits per heavy atom. The van der Waals surface area contributed by atoms with Crippen LogP contribution < -0.4 is 10.1 Å². The Morgan fingerprint density at radius 3 is 2.75 bits per heavy atom. The average Bonchev–Trinajstić information content (AvgIpc) is 2.77. The molecule has 3 nitrogen and oxygen atoms in total. The molecule has 88 valence electrons. The predicted molar refractivity (Wildman–Crippen MR) is 64.4 cm³/mol. The second-order valence-corrected chi connectivity index (χ2v) is 4.47. The summed E-state index contributed by atoms with van der Waals surface area (Å²) in [6.07, 6.45) is 1.08. The average molecular weight is 221 g/mol. The smallest absolute Gasteiger partial charge is 0.161 e. The molecule has 0 radical (unpaired) electrons. The van der Waals surface area contributed by atoms with Gasteiger partial charge in [0.25, 0.3) is 0 Å². The summed E-state index contributed by atoms with van der Waals surface area (Å²) in [4.78, 5) is 0. The predicted octanol–water partition coefficient (Wildman–Crippen LogP) is 2.09. The number of phenolic OH excluding ortho intramolecular Hbond substituents is 1. The van der Waals surface area contributed by atoms with Crippen molar-refractivity contribution in [2.24, 2.45) is 0 Å². The lowest BCUT2D eigenvalue weighted by Gasteiger charge is -2.18. The highest BCUT2D eigenvalue weighted by molar-refractivity contribution is 5.54. The Bertz CT molecular complexity index is 395. The zero-order valence-electron chi connectivity index (χ0n) is 10.1. The second kappa shape index (κ2) is 4.34. The number of rotatable bonds is 2. The molecule has 1 aliphatic heterocycles. The van der Waals surface area contributed by atoms with Crippen molar-refractivity contribution in [3.05, 3.63) is 22.8 Å². The highest BCUT2D eigenvalue weighted by Gasteiger charge is 2.24. The van der Waals surface area contributed by atoms with Gasteiger partial charge in [-0.25, -0.2) is 0 Å². The molecule has 1 aliphatic rings. The molecule has 0 aromatic heterocycles. The van der Waals surface area contributed by atoms with Gasteiger partial charge in [-0.05, 0) is 44.0 Å². The van der Waals surface area contributed by atoms with Gasteiger partial charge in [0.1, 0.15) is 0 Å². The van der Waals surface area contributed by atoms with Crippen LogP contribution in [0.2, 0.25) is 0 Å². The van der Waals surface area contributed by atoms with Crippen LogP contribution in [0.15, 0.2) is 6.07 Å². The molecule has 0 amide bonds. The van der Waals surface area contributed by atoms with Crippen LogP contribution in [0.3, 0.4) is 0 Å². The van der Waals surface area contributed by atoms with E-state index in [2.05, 4.69) is 19.2 Å². The maximum Gasteiger partial charge on any atom is 0.161 e. The fourth-order valence-electron chi connectivity index (χ4n) is 2.45. The fraction of sp³-hybridized carbons (Fsp3) is 0.538. The van der Waals surface area contributed by atoms with E-state index >= 15 is 0 Å². The van der Waals surface area contributed by atoms with Gasteiger partial charge in [-0.2, -0.15) is 0 Å². The fourth-order valence-corrected chi connectivity index (χ4v) is 2.45. The largest absolute Gasteiger partial charge is 0.504 e. The quantitative estimate of drug-likeness (QED) is 0.803. The summed E-state index contributed by atoms with van der Waals surface area (Å²) in [6.45, 7) is 6.10. The molecule has 0 bridgehead atoms. The third-order valence-electron chi connectivity index (χ3n) is 3.52. The lowest BCUT2D eigenvalue weighted by molar-refractivity contribution is 0.368. The van der Waals surface area contributed by atoms with E-state index in [1.54, 1.807) is 7.11 Å². The van der Waals surface area contributed by atoms with E-state index in [1.165, 1.54) is 11.1 Å². The van der Waals surface area contributed by atoms with Crippen molar-refractivity contribution < 1.29 is 9.84 Å². The zero-order chi connectivity index (χ0) is 11.7. The van der Waals surface area contributed by atoms with E-state index in [1.807, 2.05) is 6.07 Å². The Kier molecular flexibility index (Phi) is 3.06. The molecule has 1 aromatic rings. The summed E-state index contributed by atoms with van der Waals surface area (Å²) in [5, 5.41) is 13.5. The number of methoxy groups -OCH3 is 1. The van der Waals surface area contributed by atoms with E-state index in [-0.39, 0.29) is 0 Å². The Morgan fingerprint density at radius 2 is 2.19 bits per heavy atom. The SMILES string of the molecule is COc1cc(C)c(C)c(C2CCNC2)c1O. The lowest BCUT2D eigenvalue weighted by atomic mass is 9.90. The van der Waals surface area contributed by atoms with Crippen LogP contribution in [0.4, 0.5) is 0 Å². The van der Waals surface area contributed by atoms with Gasteiger partial charge in [0.05, 0.1) is 7.11 Å². The Hall–Kier alpha value is -1.22. The van der Waals surface area contributed by atoms with Gasteiger partial charge in [-0.1, -0.05) is 0 Å². The highest BCUT2D eigenvalue weighted by atomic mass is 16.5. The third-order valence-corrected chi connectivity index (χ3v) is 3.52. The van der Waals surface area contributed by atoms with Gasteiger partial charge < -0.3 is 15.2 Å². The summed E-state index contributed by atoms with van der Waals surface area (Å²) in [5.74, 6) is 1.32. The van der Waals surface area contributed by atoms with Gasteiger partial charge in [-0.3, -0.25) is 0 Å². The number of aromatic hydroxyl groups is 1. The van der Waals surface area contributed by atoms with Crippen LogP contribution in [-0.2, 0) is 0 Å². The van der Waals surface area contributed by atoms with Crippen LogP contribution >= 0.6 is 0 Å².